The standard InChI is InChI=1S/C11H14ClNOS.C6H7NO4/c12-10-4-6-11(7-5-10)15(14)13-8-2-1-3-9-13;1-9-5-3-4(11-7-5)6(8)10-2/h4-7H,1-3,8-9H2;3H,1-2H3. The maximum atomic E-state index is 12.1. The molecule has 1 aromatic carbocycles. The zero-order chi connectivity index (χ0) is 18.9. The third kappa shape index (κ3) is 5.82. The molecule has 7 nitrogen and oxygen atoms in total. The Morgan fingerprint density at radius 2 is 1.85 bits per heavy atom. The van der Waals surface area contributed by atoms with Crippen LogP contribution in [0.25, 0.3) is 0 Å². The second-order valence-electron chi connectivity index (χ2n) is 5.42. The molecule has 0 spiro atoms. The Kier molecular flexibility index (Phi) is 8.08. The average Bonchev–Trinajstić information content (AvgIpc) is 3.18. The van der Waals surface area contributed by atoms with Gasteiger partial charge in [0.25, 0.3) is 5.88 Å². The number of ether oxygens (including phenoxy) is 2. The highest BCUT2D eigenvalue weighted by Gasteiger charge is 2.17. The van der Waals surface area contributed by atoms with Gasteiger partial charge in [0.15, 0.2) is 0 Å². The molecule has 0 saturated carbocycles. The van der Waals surface area contributed by atoms with Crippen molar-refractivity contribution in [2.45, 2.75) is 24.2 Å². The fraction of sp³-hybridized carbons (Fsp3) is 0.412. The van der Waals surface area contributed by atoms with Gasteiger partial charge in [-0.3, -0.25) is 0 Å². The summed E-state index contributed by atoms with van der Waals surface area (Å²) in [7, 11) is 1.69. The van der Waals surface area contributed by atoms with Gasteiger partial charge >= 0.3 is 5.97 Å². The summed E-state index contributed by atoms with van der Waals surface area (Å²) >= 11 is 5.79. The number of piperidine rings is 1. The zero-order valence-corrected chi connectivity index (χ0v) is 16.2. The second-order valence-corrected chi connectivity index (χ2v) is 7.34. The maximum Gasteiger partial charge on any atom is 0.377 e. The molecule has 0 bridgehead atoms. The fourth-order valence-electron chi connectivity index (χ4n) is 2.28. The lowest BCUT2D eigenvalue weighted by atomic mass is 10.2. The molecule has 142 valence electrons. The van der Waals surface area contributed by atoms with E-state index in [0.29, 0.717) is 5.02 Å². The van der Waals surface area contributed by atoms with E-state index >= 15 is 0 Å². The van der Waals surface area contributed by atoms with E-state index in [-0.39, 0.29) is 11.6 Å². The van der Waals surface area contributed by atoms with Crippen LogP contribution in [-0.2, 0) is 15.7 Å². The first kappa shape index (κ1) is 20.4. The van der Waals surface area contributed by atoms with Crippen molar-refractivity contribution >= 4 is 28.6 Å². The number of carbonyl (C=O) groups excluding carboxylic acids is 1. The first-order valence-electron chi connectivity index (χ1n) is 8.06. The monoisotopic (exact) mass is 400 g/mol. The molecule has 1 aliphatic rings. The van der Waals surface area contributed by atoms with Gasteiger partial charge in [0, 0.05) is 18.1 Å². The summed E-state index contributed by atoms with van der Waals surface area (Å²) in [6.07, 6.45) is 3.56. The van der Waals surface area contributed by atoms with Crippen molar-refractivity contribution in [3.8, 4) is 5.88 Å². The predicted molar refractivity (Wildman–Crippen MR) is 97.7 cm³/mol. The molecule has 1 unspecified atom stereocenters. The molecule has 1 saturated heterocycles. The molecule has 26 heavy (non-hydrogen) atoms. The predicted octanol–water partition coefficient (Wildman–Crippen LogP) is 3.32. The lowest BCUT2D eigenvalue weighted by molar-refractivity contribution is 0.0554. The number of methoxy groups -OCH3 is 2. The normalized spacial score (nSPS) is 15.5. The van der Waals surface area contributed by atoms with E-state index in [0.717, 1.165) is 30.8 Å². The lowest BCUT2D eigenvalue weighted by Crippen LogP contribution is -2.31. The molecule has 0 amide bonds. The largest absolute Gasteiger partial charge is 0.479 e. The van der Waals surface area contributed by atoms with Gasteiger partial charge in [-0.05, 0) is 42.3 Å². The van der Waals surface area contributed by atoms with Crippen LogP contribution in [0, 0.1) is 0 Å². The summed E-state index contributed by atoms with van der Waals surface area (Å²) in [6, 6.07) is 8.61. The smallest absolute Gasteiger partial charge is 0.377 e. The van der Waals surface area contributed by atoms with Crippen LogP contribution in [0.2, 0.25) is 5.02 Å². The van der Waals surface area contributed by atoms with E-state index in [2.05, 4.69) is 19.2 Å². The van der Waals surface area contributed by atoms with Crippen molar-refractivity contribution < 1.29 is 23.0 Å². The molecule has 1 atom stereocenters. The van der Waals surface area contributed by atoms with Crippen molar-refractivity contribution in [1.82, 2.24) is 9.46 Å². The first-order chi connectivity index (χ1) is 12.5. The van der Waals surface area contributed by atoms with Crippen LogP contribution in [0.15, 0.2) is 39.8 Å². The average molecular weight is 401 g/mol. The van der Waals surface area contributed by atoms with Crippen molar-refractivity contribution in [2.75, 3.05) is 27.3 Å². The van der Waals surface area contributed by atoms with E-state index in [1.807, 2.05) is 16.4 Å². The van der Waals surface area contributed by atoms with E-state index < -0.39 is 17.0 Å². The number of nitrogens with zero attached hydrogens (tertiary/aromatic N) is 2. The number of rotatable bonds is 4. The van der Waals surface area contributed by atoms with E-state index in [1.54, 1.807) is 12.1 Å². The molecule has 1 aliphatic heterocycles. The number of hydrogen-bond donors (Lipinski definition) is 0. The summed E-state index contributed by atoms with van der Waals surface area (Å²) in [5.74, 6) is -0.282. The Morgan fingerprint density at radius 1 is 1.19 bits per heavy atom. The van der Waals surface area contributed by atoms with Crippen molar-refractivity contribution in [1.29, 1.82) is 0 Å². The van der Waals surface area contributed by atoms with E-state index in [4.69, 9.17) is 11.6 Å². The van der Waals surface area contributed by atoms with Gasteiger partial charge in [-0.1, -0.05) is 18.0 Å². The molecular weight excluding hydrogens is 380 g/mol. The number of aromatic nitrogens is 1. The molecule has 0 N–H and O–H groups in total. The summed E-state index contributed by atoms with van der Waals surface area (Å²) in [4.78, 5) is 11.6. The minimum absolute atomic E-state index is 0.0318. The minimum atomic E-state index is -1.00. The highest BCUT2D eigenvalue weighted by molar-refractivity contribution is 7.82. The molecule has 0 radical (unpaired) electrons. The van der Waals surface area contributed by atoms with E-state index in [1.165, 1.54) is 26.7 Å². The maximum absolute atomic E-state index is 12.1. The second kappa shape index (κ2) is 10.3. The molecule has 2 heterocycles. The number of esters is 1. The van der Waals surface area contributed by atoms with Crippen LogP contribution in [0.3, 0.4) is 0 Å². The van der Waals surface area contributed by atoms with Crippen molar-refractivity contribution in [2.24, 2.45) is 0 Å². The molecular formula is C17H21ClN2O5S. The third-order valence-corrected chi connectivity index (χ3v) is 5.41. The summed E-state index contributed by atoms with van der Waals surface area (Å²) in [5, 5.41) is 4.09. The van der Waals surface area contributed by atoms with Crippen molar-refractivity contribution in [3.63, 3.8) is 0 Å². The number of carbonyl (C=O) groups is 1. The summed E-state index contributed by atoms with van der Waals surface area (Å²) in [5.41, 5.74) is 0. The number of hydrogen-bond acceptors (Lipinski definition) is 6. The van der Waals surface area contributed by atoms with Crippen molar-refractivity contribution in [3.05, 3.63) is 41.1 Å². The van der Waals surface area contributed by atoms with Crippen LogP contribution in [0.5, 0.6) is 5.88 Å². The fourth-order valence-corrected chi connectivity index (χ4v) is 3.67. The lowest BCUT2D eigenvalue weighted by Gasteiger charge is -2.24. The summed E-state index contributed by atoms with van der Waals surface area (Å²) in [6.45, 7) is 1.88. The van der Waals surface area contributed by atoms with Gasteiger partial charge in [-0.15, -0.1) is 0 Å². The Hall–Kier alpha value is -1.90. The van der Waals surface area contributed by atoms with Crippen LogP contribution in [0.4, 0.5) is 0 Å². The van der Waals surface area contributed by atoms with Crippen LogP contribution in [0.1, 0.15) is 29.8 Å². The molecule has 0 aliphatic carbocycles. The molecule has 1 aromatic heterocycles. The Bertz CT molecular complexity index is 729. The Balaban J connectivity index is 0.000000197. The first-order valence-corrected chi connectivity index (χ1v) is 9.55. The SMILES string of the molecule is COC(=O)c1cc(OC)no1.O=S(c1ccc(Cl)cc1)N1CCCCC1. The highest BCUT2D eigenvalue weighted by atomic mass is 35.5. The van der Waals surface area contributed by atoms with Gasteiger partial charge in [0.2, 0.25) is 5.76 Å². The Morgan fingerprint density at radius 3 is 2.38 bits per heavy atom. The molecule has 3 rings (SSSR count). The van der Waals surface area contributed by atoms with Gasteiger partial charge < -0.3 is 14.0 Å². The van der Waals surface area contributed by atoms with Crippen LogP contribution in [-0.4, -0.2) is 46.9 Å². The zero-order valence-electron chi connectivity index (χ0n) is 14.6. The molecule has 1 fully saturated rings. The minimum Gasteiger partial charge on any atom is -0.479 e. The highest BCUT2D eigenvalue weighted by Crippen LogP contribution is 2.18. The third-order valence-electron chi connectivity index (χ3n) is 3.65. The van der Waals surface area contributed by atoms with Gasteiger partial charge in [-0.25, -0.2) is 13.3 Å². The van der Waals surface area contributed by atoms with Gasteiger partial charge in [0.05, 0.1) is 25.2 Å². The van der Waals surface area contributed by atoms with E-state index in [9.17, 15) is 9.00 Å². The number of halogens is 1. The molecule has 9 heteroatoms. The van der Waals surface area contributed by atoms with Crippen LogP contribution < -0.4 is 4.74 Å². The number of benzene rings is 1. The Labute approximate surface area is 159 Å². The quantitative estimate of drug-likeness (QED) is 0.732. The van der Waals surface area contributed by atoms with Crippen LogP contribution >= 0.6 is 11.6 Å². The van der Waals surface area contributed by atoms with Gasteiger partial charge in [0.1, 0.15) is 11.0 Å². The summed E-state index contributed by atoms with van der Waals surface area (Å²) < 4.78 is 27.7. The molecule has 2 aromatic rings. The topological polar surface area (TPSA) is 81.9 Å². The van der Waals surface area contributed by atoms with Gasteiger partial charge in [-0.2, -0.15) is 0 Å².